The predicted molar refractivity (Wildman–Crippen MR) is 91.0 cm³/mol. The highest BCUT2D eigenvalue weighted by molar-refractivity contribution is 5.25. The maximum Gasteiger partial charge on any atom is 0.222 e. The molecule has 2 aliphatic rings. The van der Waals surface area contributed by atoms with Crippen LogP contribution in [0.5, 0.6) is 0 Å². The number of ether oxygens (including phenoxy) is 1. The predicted octanol–water partition coefficient (Wildman–Crippen LogP) is 1.83. The van der Waals surface area contributed by atoms with Crippen molar-refractivity contribution in [2.75, 3.05) is 31.6 Å². The molecule has 25 heavy (non-hydrogen) atoms. The van der Waals surface area contributed by atoms with Crippen molar-refractivity contribution < 1.29 is 9.26 Å². The molecule has 1 N–H and O–H groups in total. The molecule has 0 saturated carbocycles. The molecule has 0 spiro atoms. The second kappa shape index (κ2) is 7.88. The number of anilines is 1. The fraction of sp³-hybridized carbons (Fsp3) is 0.647. The molecule has 8 nitrogen and oxygen atoms in total. The Hall–Kier alpha value is -2.06. The second-order valence-electron chi connectivity index (χ2n) is 6.77. The summed E-state index contributed by atoms with van der Waals surface area (Å²) < 4.78 is 10.4. The Morgan fingerprint density at radius 1 is 1.12 bits per heavy atom. The molecule has 0 bridgehead atoms. The van der Waals surface area contributed by atoms with Crippen molar-refractivity contribution >= 4 is 5.95 Å². The number of likely N-dealkylation sites (tertiary alicyclic amines) is 1. The summed E-state index contributed by atoms with van der Waals surface area (Å²) in [6, 6.07) is 0. The Labute approximate surface area is 147 Å². The van der Waals surface area contributed by atoms with Gasteiger partial charge in [-0.1, -0.05) is 5.16 Å². The number of hydrogen-bond acceptors (Lipinski definition) is 8. The van der Waals surface area contributed by atoms with Crippen LogP contribution in [0.15, 0.2) is 23.3 Å². The van der Waals surface area contributed by atoms with Gasteiger partial charge in [-0.15, -0.1) is 0 Å². The van der Waals surface area contributed by atoms with Gasteiger partial charge in [0.15, 0.2) is 5.82 Å². The Kier molecular flexibility index (Phi) is 5.17. The highest BCUT2D eigenvalue weighted by Gasteiger charge is 2.23. The van der Waals surface area contributed by atoms with Crippen LogP contribution < -0.4 is 5.32 Å². The van der Waals surface area contributed by atoms with Gasteiger partial charge >= 0.3 is 0 Å². The maximum absolute atomic E-state index is 5.59. The average molecular weight is 344 g/mol. The van der Waals surface area contributed by atoms with E-state index in [1.54, 1.807) is 0 Å². The normalized spacial score (nSPS) is 22.3. The topological polar surface area (TPSA) is 89.2 Å². The van der Waals surface area contributed by atoms with Crippen LogP contribution in [0.1, 0.15) is 43.0 Å². The molecule has 0 amide bonds. The fourth-order valence-corrected chi connectivity index (χ4v) is 3.50. The fourth-order valence-electron chi connectivity index (χ4n) is 3.50. The van der Waals surface area contributed by atoms with Crippen molar-refractivity contribution in [3.8, 4) is 0 Å². The summed E-state index contributed by atoms with van der Waals surface area (Å²) in [7, 11) is 0. The van der Waals surface area contributed by atoms with E-state index in [4.69, 9.17) is 9.26 Å². The number of hydrogen-bond donors (Lipinski definition) is 1. The molecule has 1 atom stereocenters. The summed E-state index contributed by atoms with van der Waals surface area (Å²) in [6.07, 6.45) is 9.91. The van der Waals surface area contributed by atoms with Crippen LogP contribution in [0.3, 0.4) is 0 Å². The van der Waals surface area contributed by atoms with Crippen LogP contribution in [-0.2, 0) is 11.3 Å². The summed E-state index contributed by atoms with van der Waals surface area (Å²) in [5.74, 6) is 1.93. The number of nitrogens with zero attached hydrogens (tertiary/aromatic N) is 5. The van der Waals surface area contributed by atoms with E-state index in [2.05, 4.69) is 30.3 Å². The first-order chi connectivity index (χ1) is 12.4. The molecule has 2 aliphatic heterocycles. The number of aromatic nitrogens is 4. The van der Waals surface area contributed by atoms with Gasteiger partial charge < -0.3 is 14.6 Å². The van der Waals surface area contributed by atoms with Crippen molar-refractivity contribution in [2.45, 2.75) is 44.2 Å². The SMILES string of the molecule is c1nc(C2CCN(Cc3cnc(NCC4CCCO4)nc3)CC2)no1. The highest BCUT2D eigenvalue weighted by Crippen LogP contribution is 2.26. The second-order valence-corrected chi connectivity index (χ2v) is 6.77. The van der Waals surface area contributed by atoms with Gasteiger partial charge in [-0.05, 0) is 38.8 Å². The van der Waals surface area contributed by atoms with Crippen LogP contribution >= 0.6 is 0 Å². The van der Waals surface area contributed by atoms with Crippen LogP contribution in [0, 0.1) is 0 Å². The first-order valence-corrected chi connectivity index (χ1v) is 9.02. The van der Waals surface area contributed by atoms with Gasteiger partial charge in [0.1, 0.15) is 0 Å². The van der Waals surface area contributed by atoms with Crippen molar-refractivity contribution in [1.82, 2.24) is 25.0 Å². The summed E-state index contributed by atoms with van der Waals surface area (Å²) in [4.78, 5) is 15.4. The molecular formula is C17H24N6O2. The number of piperidine rings is 1. The third-order valence-corrected chi connectivity index (χ3v) is 4.95. The lowest BCUT2D eigenvalue weighted by Crippen LogP contribution is -2.32. The van der Waals surface area contributed by atoms with Crippen LogP contribution in [-0.4, -0.2) is 57.4 Å². The quantitative estimate of drug-likeness (QED) is 0.849. The van der Waals surface area contributed by atoms with E-state index >= 15 is 0 Å². The van der Waals surface area contributed by atoms with Crippen molar-refractivity contribution in [3.63, 3.8) is 0 Å². The van der Waals surface area contributed by atoms with Crippen LogP contribution in [0.2, 0.25) is 0 Å². The van der Waals surface area contributed by atoms with Gasteiger partial charge in [-0.2, -0.15) is 4.98 Å². The van der Waals surface area contributed by atoms with E-state index < -0.39 is 0 Å². The molecule has 1 unspecified atom stereocenters. The molecule has 2 fully saturated rings. The van der Waals surface area contributed by atoms with Crippen molar-refractivity contribution in [1.29, 1.82) is 0 Å². The van der Waals surface area contributed by atoms with E-state index in [1.165, 1.54) is 6.39 Å². The van der Waals surface area contributed by atoms with E-state index in [0.29, 0.717) is 18.0 Å². The summed E-state index contributed by atoms with van der Waals surface area (Å²) >= 11 is 0. The summed E-state index contributed by atoms with van der Waals surface area (Å²) in [6.45, 7) is 4.58. The Morgan fingerprint density at radius 3 is 2.64 bits per heavy atom. The summed E-state index contributed by atoms with van der Waals surface area (Å²) in [5.41, 5.74) is 1.14. The molecular weight excluding hydrogens is 320 g/mol. The third kappa shape index (κ3) is 4.32. The minimum Gasteiger partial charge on any atom is -0.376 e. The summed E-state index contributed by atoms with van der Waals surface area (Å²) in [5, 5.41) is 7.22. The molecule has 134 valence electrons. The first-order valence-electron chi connectivity index (χ1n) is 9.02. The zero-order valence-corrected chi connectivity index (χ0v) is 14.3. The lowest BCUT2D eigenvalue weighted by Gasteiger charge is -2.30. The van der Waals surface area contributed by atoms with Crippen molar-refractivity contribution in [2.24, 2.45) is 0 Å². The molecule has 0 aliphatic carbocycles. The molecule has 2 saturated heterocycles. The monoisotopic (exact) mass is 344 g/mol. The first kappa shape index (κ1) is 16.4. The van der Waals surface area contributed by atoms with Gasteiger partial charge in [-0.3, -0.25) is 4.90 Å². The molecule has 0 radical (unpaired) electrons. The highest BCUT2D eigenvalue weighted by atomic mass is 16.5. The average Bonchev–Trinajstić information content (AvgIpc) is 3.36. The van der Waals surface area contributed by atoms with Gasteiger partial charge in [-0.25, -0.2) is 9.97 Å². The number of nitrogens with one attached hydrogen (secondary N) is 1. The van der Waals surface area contributed by atoms with E-state index in [-0.39, 0.29) is 0 Å². The van der Waals surface area contributed by atoms with Gasteiger partial charge in [0.05, 0.1) is 6.10 Å². The van der Waals surface area contributed by atoms with Crippen LogP contribution in [0.4, 0.5) is 5.95 Å². The third-order valence-electron chi connectivity index (χ3n) is 4.95. The van der Waals surface area contributed by atoms with Gasteiger partial charge in [0.25, 0.3) is 0 Å². The minimum atomic E-state index is 0.295. The molecule has 8 heteroatoms. The molecule has 2 aromatic heterocycles. The Morgan fingerprint density at radius 2 is 1.96 bits per heavy atom. The zero-order chi connectivity index (χ0) is 16.9. The van der Waals surface area contributed by atoms with E-state index in [0.717, 1.165) is 69.9 Å². The van der Waals surface area contributed by atoms with E-state index in [9.17, 15) is 0 Å². The largest absolute Gasteiger partial charge is 0.376 e. The van der Waals surface area contributed by atoms with Crippen LogP contribution in [0.25, 0.3) is 0 Å². The standard InChI is InChI=1S/C17H24N6O2/c1-2-15(24-7-1)10-20-17-18-8-13(9-19-17)11-23-5-3-14(4-6-23)16-21-12-25-22-16/h8-9,12,14-15H,1-7,10-11H2,(H,18,19,20). The van der Waals surface area contributed by atoms with Gasteiger partial charge in [0, 0.05) is 43.6 Å². The Bertz CT molecular complexity index is 634. The molecule has 4 rings (SSSR count). The Balaban J connectivity index is 1.23. The smallest absolute Gasteiger partial charge is 0.222 e. The number of rotatable bonds is 6. The zero-order valence-electron chi connectivity index (χ0n) is 14.3. The minimum absolute atomic E-state index is 0.295. The molecule has 0 aromatic carbocycles. The molecule has 4 heterocycles. The lowest BCUT2D eigenvalue weighted by atomic mass is 9.96. The van der Waals surface area contributed by atoms with E-state index in [1.807, 2.05) is 12.4 Å². The lowest BCUT2D eigenvalue weighted by molar-refractivity contribution is 0.120. The molecule has 2 aromatic rings. The maximum atomic E-state index is 5.59. The van der Waals surface area contributed by atoms with Gasteiger partial charge in [0.2, 0.25) is 12.3 Å². The van der Waals surface area contributed by atoms with Crippen molar-refractivity contribution in [3.05, 3.63) is 30.2 Å².